The van der Waals surface area contributed by atoms with E-state index in [1.54, 1.807) is 0 Å². The van der Waals surface area contributed by atoms with Crippen molar-refractivity contribution in [1.82, 2.24) is 4.90 Å². The Morgan fingerprint density at radius 3 is 2.86 bits per heavy atom. The quantitative estimate of drug-likeness (QED) is 0.736. The summed E-state index contributed by atoms with van der Waals surface area (Å²) in [6, 6.07) is 0. The van der Waals surface area contributed by atoms with Crippen LogP contribution in [0.3, 0.4) is 0 Å². The predicted octanol–water partition coefficient (Wildman–Crippen LogP) is 1.06. The number of carbonyl (C=O) groups excluding carboxylic acids is 1. The van der Waals surface area contributed by atoms with Gasteiger partial charge in [0.25, 0.3) is 0 Å². The molecule has 1 aliphatic heterocycles. The Hall–Kier alpha value is -0.410. The molecule has 0 saturated carbocycles. The molecule has 0 aromatic rings. The maximum Gasteiger partial charge on any atom is 0.146 e. The van der Waals surface area contributed by atoms with Gasteiger partial charge in [0.15, 0.2) is 0 Å². The molecule has 0 radical (unpaired) electrons. The van der Waals surface area contributed by atoms with Crippen molar-refractivity contribution < 1.29 is 9.90 Å². The highest BCUT2D eigenvalue weighted by atomic mass is 16.3. The van der Waals surface area contributed by atoms with Crippen LogP contribution in [0.4, 0.5) is 0 Å². The molecule has 1 N–H and O–H groups in total. The third-order valence-electron chi connectivity index (χ3n) is 2.93. The second-order valence-corrected chi connectivity index (χ2v) is 4.36. The topological polar surface area (TPSA) is 40.5 Å². The third kappa shape index (κ3) is 3.39. The van der Waals surface area contributed by atoms with Crippen LogP contribution in [0.2, 0.25) is 0 Å². The number of ketones is 1. The molecule has 1 saturated heterocycles. The molecule has 3 heteroatoms. The van der Waals surface area contributed by atoms with Gasteiger partial charge in [-0.25, -0.2) is 0 Å². The van der Waals surface area contributed by atoms with Crippen LogP contribution >= 0.6 is 0 Å². The van der Waals surface area contributed by atoms with E-state index in [0.29, 0.717) is 31.2 Å². The zero-order valence-electron chi connectivity index (χ0n) is 9.20. The average Bonchev–Trinajstić information content (AvgIpc) is 2.12. The van der Waals surface area contributed by atoms with Crippen LogP contribution in [-0.2, 0) is 4.79 Å². The summed E-state index contributed by atoms with van der Waals surface area (Å²) in [6.45, 7) is 6.23. The number of aliphatic hydroxyl groups is 1. The lowest BCUT2D eigenvalue weighted by Crippen LogP contribution is -2.44. The first-order valence-electron chi connectivity index (χ1n) is 5.55. The first-order valence-corrected chi connectivity index (χ1v) is 5.55. The van der Waals surface area contributed by atoms with Crippen LogP contribution in [0.25, 0.3) is 0 Å². The van der Waals surface area contributed by atoms with Gasteiger partial charge in [-0.15, -0.1) is 0 Å². The van der Waals surface area contributed by atoms with Crippen molar-refractivity contribution in [1.29, 1.82) is 0 Å². The standard InChI is InChI=1S/C11H21NO2/c1-3-4-10(13)7-12-6-5-9(2)11(14)8-12/h9,11,14H,3-8H2,1-2H3. The third-order valence-corrected chi connectivity index (χ3v) is 2.93. The van der Waals surface area contributed by atoms with E-state index >= 15 is 0 Å². The second-order valence-electron chi connectivity index (χ2n) is 4.36. The van der Waals surface area contributed by atoms with Gasteiger partial charge in [0, 0.05) is 13.0 Å². The van der Waals surface area contributed by atoms with Gasteiger partial charge in [-0.1, -0.05) is 13.8 Å². The summed E-state index contributed by atoms with van der Waals surface area (Å²) in [6.07, 6.45) is 2.34. The molecule has 3 nitrogen and oxygen atoms in total. The van der Waals surface area contributed by atoms with E-state index in [0.717, 1.165) is 19.4 Å². The molecule has 2 unspecified atom stereocenters. The van der Waals surface area contributed by atoms with Gasteiger partial charge >= 0.3 is 0 Å². The number of hydrogen-bond donors (Lipinski definition) is 1. The summed E-state index contributed by atoms with van der Waals surface area (Å²) in [5.41, 5.74) is 0. The van der Waals surface area contributed by atoms with E-state index < -0.39 is 0 Å². The molecule has 0 aromatic carbocycles. The van der Waals surface area contributed by atoms with E-state index in [1.165, 1.54) is 0 Å². The molecule has 0 aromatic heterocycles. The number of hydrogen-bond acceptors (Lipinski definition) is 3. The van der Waals surface area contributed by atoms with Gasteiger partial charge in [0.05, 0.1) is 12.6 Å². The highest BCUT2D eigenvalue weighted by molar-refractivity contribution is 5.80. The zero-order valence-corrected chi connectivity index (χ0v) is 9.20. The van der Waals surface area contributed by atoms with Crippen LogP contribution in [0.5, 0.6) is 0 Å². The molecule has 1 fully saturated rings. The minimum atomic E-state index is -0.252. The fourth-order valence-corrected chi connectivity index (χ4v) is 1.87. The molecule has 82 valence electrons. The summed E-state index contributed by atoms with van der Waals surface area (Å²) >= 11 is 0. The van der Waals surface area contributed by atoms with Gasteiger partial charge in [-0.2, -0.15) is 0 Å². The molecule has 2 atom stereocenters. The predicted molar refractivity (Wildman–Crippen MR) is 56.1 cm³/mol. The number of likely N-dealkylation sites (tertiary alicyclic amines) is 1. The summed E-state index contributed by atoms with van der Waals surface area (Å²) in [5.74, 6) is 0.682. The Labute approximate surface area is 86.1 Å². The van der Waals surface area contributed by atoms with Gasteiger partial charge < -0.3 is 5.11 Å². The number of rotatable bonds is 4. The molecule has 0 bridgehead atoms. The number of Topliss-reactive ketones (excluding diaryl/α,β-unsaturated/α-hetero) is 1. The molecule has 14 heavy (non-hydrogen) atoms. The van der Waals surface area contributed by atoms with Crippen molar-refractivity contribution in [3.63, 3.8) is 0 Å². The van der Waals surface area contributed by atoms with Gasteiger partial charge in [-0.3, -0.25) is 9.69 Å². The monoisotopic (exact) mass is 199 g/mol. The number of carbonyl (C=O) groups is 1. The Morgan fingerprint density at radius 1 is 1.57 bits per heavy atom. The molecule has 1 heterocycles. The Balaban J connectivity index is 2.29. The summed E-state index contributed by atoms with van der Waals surface area (Å²) in [4.78, 5) is 13.4. The largest absolute Gasteiger partial charge is 0.392 e. The molecule has 0 amide bonds. The van der Waals surface area contributed by atoms with Crippen LogP contribution in [0.15, 0.2) is 0 Å². The Kier molecular flexibility index (Phi) is 4.55. The number of nitrogens with zero attached hydrogens (tertiary/aromatic N) is 1. The van der Waals surface area contributed by atoms with Crippen molar-refractivity contribution >= 4 is 5.78 Å². The Bertz CT molecular complexity index is 194. The van der Waals surface area contributed by atoms with Crippen LogP contribution in [0, 0.1) is 5.92 Å². The lowest BCUT2D eigenvalue weighted by molar-refractivity contribution is -0.121. The SMILES string of the molecule is CCCC(=O)CN1CCC(C)C(O)C1. The minimum absolute atomic E-state index is 0.252. The van der Waals surface area contributed by atoms with Crippen LogP contribution in [-0.4, -0.2) is 41.5 Å². The maximum atomic E-state index is 11.4. The van der Waals surface area contributed by atoms with Gasteiger partial charge in [0.1, 0.15) is 5.78 Å². The summed E-state index contributed by atoms with van der Waals surface area (Å²) < 4.78 is 0. The van der Waals surface area contributed by atoms with E-state index in [9.17, 15) is 9.90 Å². The lowest BCUT2D eigenvalue weighted by Gasteiger charge is -2.33. The van der Waals surface area contributed by atoms with E-state index in [2.05, 4.69) is 11.8 Å². The molecular weight excluding hydrogens is 178 g/mol. The first kappa shape index (κ1) is 11.7. The zero-order chi connectivity index (χ0) is 10.6. The van der Waals surface area contributed by atoms with E-state index in [-0.39, 0.29) is 6.10 Å². The van der Waals surface area contributed by atoms with Gasteiger partial charge in [-0.05, 0) is 25.3 Å². The van der Waals surface area contributed by atoms with Crippen molar-refractivity contribution in [3.8, 4) is 0 Å². The summed E-state index contributed by atoms with van der Waals surface area (Å²) in [5, 5.41) is 9.64. The molecular formula is C11H21NO2. The van der Waals surface area contributed by atoms with Crippen molar-refractivity contribution in [3.05, 3.63) is 0 Å². The minimum Gasteiger partial charge on any atom is -0.392 e. The highest BCUT2D eigenvalue weighted by Crippen LogP contribution is 2.16. The summed E-state index contributed by atoms with van der Waals surface area (Å²) in [7, 11) is 0. The maximum absolute atomic E-state index is 11.4. The van der Waals surface area contributed by atoms with Crippen molar-refractivity contribution in [2.75, 3.05) is 19.6 Å². The fraction of sp³-hybridized carbons (Fsp3) is 0.909. The highest BCUT2D eigenvalue weighted by Gasteiger charge is 2.24. The average molecular weight is 199 g/mol. The van der Waals surface area contributed by atoms with Crippen LogP contribution < -0.4 is 0 Å². The molecule has 0 aliphatic carbocycles. The number of aliphatic hydroxyl groups excluding tert-OH is 1. The number of β-amino-alcohol motifs (C(OH)–C–C–N with tert-alkyl or cyclic N) is 1. The fourth-order valence-electron chi connectivity index (χ4n) is 1.87. The van der Waals surface area contributed by atoms with Gasteiger partial charge in [0.2, 0.25) is 0 Å². The molecule has 1 rings (SSSR count). The smallest absolute Gasteiger partial charge is 0.146 e. The van der Waals surface area contributed by atoms with Crippen molar-refractivity contribution in [2.45, 2.75) is 39.2 Å². The molecule has 1 aliphatic rings. The van der Waals surface area contributed by atoms with E-state index in [4.69, 9.17) is 0 Å². The lowest BCUT2D eigenvalue weighted by atomic mass is 9.96. The number of piperidine rings is 1. The van der Waals surface area contributed by atoms with Crippen molar-refractivity contribution in [2.24, 2.45) is 5.92 Å². The second kappa shape index (κ2) is 5.47. The Morgan fingerprint density at radius 2 is 2.29 bits per heavy atom. The molecule has 0 spiro atoms. The normalized spacial score (nSPS) is 29.1. The van der Waals surface area contributed by atoms with Crippen LogP contribution in [0.1, 0.15) is 33.1 Å². The van der Waals surface area contributed by atoms with E-state index in [1.807, 2.05) is 6.92 Å². The first-order chi connectivity index (χ1) is 6.63.